The van der Waals surface area contributed by atoms with Gasteiger partial charge in [-0.15, -0.1) is 0 Å². The van der Waals surface area contributed by atoms with Crippen molar-refractivity contribution >= 4 is 17.5 Å². The molecule has 0 radical (unpaired) electrons. The first-order valence-electron chi connectivity index (χ1n) is 4.29. The van der Waals surface area contributed by atoms with E-state index in [1.54, 1.807) is 6.92 Å². The first-order valence-corrected chi connectivity index (χ1v) is 4.66. The van der Waals surface area contributed by atoms with E-state index < -0.39 is 0 Å². The zero-order chi connectivity index (χ0) is 11.3. The van der Waals surface area contributed by atoms with Crippen LogP contribution in [0.15, 0.2) is 12.4 Å². The van der Waals surface area contributed by atoms with Crippen molar-refractivity contribution in [2.75, 3.05) is 6.54 Å². The maximum atomic E-state index is 11.4. The Labute approximate surface area is 92.1 Å². The summed E-state index contributed by atoms with van der Waals surface area (Å²) in [5, 5.41) is 11.2. The number of hydrogen-bond donors (Lipinski definition) is 1. The van der Waals surface area contributed by atoms with Crippen molar-refractivity contribution in [2.24, 2.45) is 5.92 Å². The van der Waals surface area contributed by atoms with Crippen LogP contribution in [0.4, 0.5) is 0 Å². The normalized spacial score (nSPS) is 11.5. The summed E-state index contributed by atoms with van der Waals surface area (Å²) in [6.07, 6.45) is 2.66. The molecule has 1 aromatic heterocycles. The van der Waals surface area contributed by atoms with Crippen molar-refractivity contribution in [1.29, 1.82) is 5.26 Å². The molecule has 1 aromatic rings. The highest BCUT2D eigenvalue weighted by Crippen LogP contribution is 2.02. The van der Waals surface area contributed by atoms with Crippen molar-refractivity contribution in [1.82, 2.24) is 15.3 Å². The predicted octanol–water partition coefficient (Wildman–Crippen LogP) is 1.02. The average molecular weight is 225 g/mol. The van der Waals surface area contributed by atoms with Crippen LogP contribution in [0.1, 0.15) is 17.4 Å². The van der Waals surface area contributed by atoms with E-state index in [1.165, 1.54) is 12.4 Å². The Bertz CT molecular complexity index is 401. The van der Waals surface area contributed by atoms with Crippen LogP contribution in [0, 0.1) is 17.2 Å². The van der Waals surface area contributed by atoms with E-state index in [0.29, 0.717) is 0 Å². The molecular formula is C9H9ClN4O. The molecule has 0 spiro atoms. The SMILES string of the molecule is CC(C#N)CNC(=O)c1cncc(Cl)n1. The number of carbonyl (C=O) groups excluding carboxylic acids is 1. The monoisotopic (exact) mass is 224 g/mol. The number of amides is 1. The Morgan fingerprint density at radius 1 is 1.73 bits per heavy atom. The first-order chi connectivity index (χ1) is 7.13. The molecule has 5 nitrogen and oxygen atoms in total. The summed E-state index contributed by atoms with van der Waals surface area (Å²) in [6, 6.07) is 2.01. The van der Waals surface area contributed by atoms with Crippen LogP contribution in [0.2, 0.25) is 5.15 Å². The molecule has 1 rings (SSSR count). The maximum absolute atomic E-state index is 11.4. The molecular weight excluding hydrogens is 216 g/mol. The summed E-state index contributed by atoms with van der Waals surface area (Å²) >= 11 is 5.57. The Morgan fingerprint density at radius 2 is 2.47 bits per heavy atom. The lowest BCUT2D eigenvalue weighted by Gasteiger charge is -2.04. The van der Waals surface area contributed by atoms with Gasteiger partial charge in [0.25, 0.3) is 5.91 Å². The maximum Gasteiger partial charge on any atom is 0.271 e. The van der Waals surface area contributed by atoms with E-state index in [9.17, 15) is 4.79 Å². The molecule has 15 heavy (non-hydrogen) atoms. The van der Waals surface area contributed by atoms with Gasteiger partial charge in [-0.3, -0.25) is 9.78 Å². The van der Waals surface area contributed by atoms with Crippen molar-refractivity contribution in [3.63, 3.8) is 0 Å². The fourth-order valence-corrected chi connectivity index (χ4v) is 0.981. The molecule has 0 aliphatic carbocycles. The van der Waals surface area contributed by atoms with E-state index in [2.05, 4.69) is 15.3 Å². The third-order valence-corrected chi connectivity index (χ3v) is 1.81. The second-order valence-electron chi connectivity index (χ2n) is 2.97. The van der Waals surface area contributed by atoms with Gasteiger partial charge in [-0.25, -0.2) is 4.98 Å². The predicted molar refractivity (Wildman–Crippen MR) is 54.2 cm³/mol. The Kier molecular flexibility index (Phi) is 4.01. The number of halogens is 1. The highest BCUT2D eigenvalue weighted by molar-refractivity contribution is 6.29. The Hall–Kier alpha value is -1.67. The van der Waals surface area contributed by atoms with Crippen LogP contribution in [0.25, 0.3) is 0 Å². The van der Waals surface area contributed by atoms with Crippen molar-refractivity contribution in [3.05, 3.63) is 23.2 Å². The van der Waals surface area contributed by atoms with Gasteiger partial charge < -0.3 is 5.32 Å². The van der Waals surface area contributed by atoms with E-state index in [4.69, 9.17) is 16.9 Å². The Morgan fingerprint density at radius 3 is 3.07 bits per heavy atom. The molecule has 0 aliphatic rings. The molecule has 0 aromatic carbocycles. The number of rotatable bonds is 3. The number of nitrogens with zero attached hydrogens (tertiary/aromatic N) is 3. The van der Waals surface area contributed by atoms with Crippen molar-refractivity contribution < 1.29 is 4.79 Å². The van der Waals surface area contributed by atoms with E-state index in [0.717, 1.165) is 0 Å². The van der Waals surface area contributed by atoms with E-state index in [1.807, 2.05) is 6.07 Å². The summed E-state index contributed by atoms with van der Waals surface area (Å²) in [5.74, 6) is -0.617. The smallest absolute Gasteiger partial charge is 0.271 e. The second kappa shape index (κ2) is 5.27. The Balaban J connectivity index is 2.59. The van der Waals surface area contributed by atoms with Gasteiger partial charge in [0.2, 0.25) is 0 Å². The van der Waals surface area contributed by atoms with Gasteiger partial charge in [0.05, 0.1) is 24.4 Å². The van der Waals surface area contributed by atoms with Gasteiger partial charge in [-0.05, 0) is 6.92 Å². The van der Waals surface area contributed by atoms with Crippen LogP contribution in [0.3, 0.4) is 0 Å². The lowest BCUT2D eigenvalue weighted by molar-refractivity contribution is 0.0945. The zero-order valence-corrected chi connectivity index (χ0v) is 8.82. The summed E-state index contributed by atoms with van der Waals surface area (Å²) in [5.41, 5.74) is 0.146. The highest BCUT2D eigenvalue weighted by atomic mass is 35.5. The zero-order valence-electron chi connectivity index (χ0n) is 8.07. The summed E-state index contributed by atoms with van der Waals surface area (Å²) in [7, 11) is 0. The topological polar surface area (TPSA) is 78.7 Å². The molecule has 0 fully saturated rings. The lowest BCUT2D eigenvalue weighted by atomic mass is 10.2. The summed E-state index contributed by atoms with van der Waals surface area (Å²) in [6.45, 7) is 1.99. The fraction of sp³-hybridized carbons (Fsp3) is 0.333. The van der Waals surface area contributed by atoms with Gasteiger partial charge in [0.15, 0.2) is 0 Å². The molecule has 6 heteroatoms. The number of carbonyl (C=O) groups is 1. The summed E-state index contributed by atoms with van der Waals surface area (Å²) in [4.78, 5) is 19.0. The van der Waals surface area contributed by atoms with Gasteiger partial charge in [0, 0.05) is 6.54 Å². The standard InChI is InChI=1S/C9H9ClN4O/c1-6(2-11)3-13-9(15)7-4-12-5-8(10)14-7/h4-6H,3H2,1H3,(H,13,15). The first kappa shape index (κ1) is 11.4. The van der Waals surface area contributed by atoms with Crippen LogP contribution in [-0.2, 0) is 0 Å². The molecule has 1 heterocycles. The molecule has 1 N–H and O–H groups in total. The van der Waals surface area contributed by atoms with Gasteiger partial charge in [-0.2, -0.15) is 5.26 Å². The minimum absolute atomic E-state index is 0.146. The van der Waals surface area contributed by atoms with E-state index in [-0.39, 0.29) is 29.2 Å². The van der Waals surface area contributed by atoms with Gasteiger partial charge >= 0.3 is 0 Å². The number of hydrogen-bond acceptors (Lipinski definition) is 4. The number of nitriles is 1. The third kappa shape index (κ3) is 3.52. The molecule has 1 atom stereocenters. The summed E-state index contributed by atoms with van der Waals surface area (Å²) < 4.78 is 0. The van der Waals surface area contributed by atoms with E-state index >= 15 is 0 Å². The van der Waals surface area contributed by atoms with Crippen LogP contribution in [0.5, 0.6) is 0 Å². The van der Waals surface area contributed by atoms with Crippen LogP contribution in [-0.4, -0.2) is 22.4 Å². The molecule has 0 aliphatic heterocycles. The molecule has 1 amide bonds. The molecule has 78 valence electrons. The minimum Gasteiger partial charge on any atom is -0.349 e. The quantitative estimate of drug-likeness (QED) is 0.832. The lowest BCUT2D eigenvalue weighted by Crippen LogP contribution is -2.28. The molecule has 0 saturated carbocycles. The highest BCUT2D eigenvalue weighted by Gasteiger charge is 2.09. The van der Waals surface area contributed by atoms with Crippen LogP contribution >= 0.6 is 11.6 Å². The van der Waals surface area contributed by atoms with Gasteiger partial charge in [-0.1, -0.05) is 11.6 Å². The molecule has 1 unspecified atom stereocenters. The van der Waals surface area contributed by atoms with Crippen molar-refractivity contribution in [2.45, 2.75) is 6.92 Å². The van der Waals surface area contributed by atoms with Crippen LogP contribution < -0.4 is 5.32 Å². The second-order valence-corrected chi connectivity index (χ2v) is 3.35. The minimum atomic E-state index is -0.382. The van der Waals surface area contributed by atoms with Gasteiger partial charge in [0.1, 0.15) is 10.8 Å². The van der Waals surface area contributed by atoms with Crippen molar-refractivity contribution in [3.8, 4) is 6.07 Å². The number of nitrogens with one attached hydrogen (secondary N) is 1. The molecule has 0 saturated heterocycles. The fourth-order valence-electron chi connectivity index (χ4n) is 0.834. The average Bonchev–Trinajstić information content (AvgIpc) is 2.25. The largest absolute Gasteiger partial charge is 0.349 e. The third-order valence-electron chi connectivity index (χ3n) is 1.63. The molecule has 0 bridgehead atoms. The number of aromatic nitrogens is 2.